The van der Waals surface area contributed by atoms with Crippen molar-refractivity contribution in [3.05, 3.63) is 11.9 Å². The van der Waals surface area contributed by atoms with Gasteiger partial charge in [-0.2, -0.15) is 0 Å². The molecule has 2 aliphatic rings. The average Bonchev–Trinajstić information content (AvgIpc) is 3.24. The summed E-state index contributed by atoms with van der Waals surface area (Å²) >= 11 is 0. The minimum atomic E-state index is -0.191. The summed E-state index contributed by atoms with van der Waals surface area (Å²) in [5.41, 5.74) is 1.08. The third-order valence-corrected chi connectivity index (χ3v) is 4.70. The molecule has 2 saturated heterocycles. The van der Waals surface area contributed by atoms with E-state index in [2.05, 4.69) is 23.4 Å². The summed E-state index contributed by atoms with van der Waals surface area (Å²) in [6, 6.07) is 0.372. The Bertz CT molecular complexity index is 488. The molecule has 1 aromatic heterocycles. The molecule has 1 amide bonds. The Hall–Kier alpha value is -1.43. The van der Waals surface area contributed by atoms with E-state index in [1.165, 1.54) is 6.42 Å². The van der Waals surface area contributed by atoms with Gasteiger partial charge in [0.2, 0.25) is 0 Å². The second kappa shape index (κ2) is 7.22. The lowest BCUT2D eigenvalue weighted by Crippen LogP contribution is -2.44. The van der Waals surface area contributed by atoms with Gasteiger partial charge in [0.25, 0.3) is 5.91 Å². The highest BCUT2D eigenvalue weighted by molar-refractivity contribution is 5.81. The molecule has 2 aliphatic heterocycles. The fraction of sp³-hybridized carbons (Fsp3) is 0.812. The van der Waals surface area contributed by atoms with E-state index in [9.17, 15) is 4.79 Å². The Balaban J connectivity index is 1.50. The second-order valence-corrected chi connectivity index (χ2v) is 6.35. The highest BCUT2D eigenvalue weighted by atomic mass is 16.5. The predicted molar refractivity (Wildman–Crippen MR) is 82.5 cm³/mol. The molecular formula is C16H26N4O2. The van der Waals surface area contributed by atoms with Crippen LogP contribution < -0.4 is 0 Å². The number of likely N-dealkylation sites (tertiary alicyclic amines) is 1. The number of aromatic nitrogens is 3. The van der Waals surface area contributed by atoms with Gasteiger partial charge in [0.15, 0.2) is 0 Å². The minimum absolute atomic E-state index is 0.179. The van der Waals surface area contributed by atoms with Gasteiger partial charge in [-0.1, -0.05) is 18.6 Å². The van der Waals surface area contributed by atoms with Crippen LogP contribution >= 0.6 is 0 Å². The lowest BCUT2D eigenvalue weighted by molar-refractivity contribution is -0.142. The zero-order valence-electron chi connectivity index (χ0n) is 13.4. The maximum Gasteiger partial charge on any atom is 0.251 e. The summed E-state index contributed by atoms with van der Waals surface area (Å²) in [4.78, 5) is 14.3. The van der Waals surface area contributed by atoms with Gasteiger partial charge in [0.05, 0.1) is 11.7 Å². The van der Waals surface area contributed by atoms with Crippen LogP contribution in [0.1, 0.15) is 57.2 Å². The van der Waals surface area contributed by atoms with Crippen LogP contribution in [0.2, 0.25) is 0 Å². The van der Waals surface area contributed by atoms with Crippen LogP contribution in [0.25, 0.3) is 0 Å². The fourth-order valence-corrected chi connectivity index (χ4v) is 3.29. The van der Waals surface area contributed by atoms with E-state index in [0.717, 1.165) is 63.9 Å². The molecular weight excluding hydrogens is 280 g/mol. The minimum Gasteiger partial charge on any atom is -0.368 e. The third-order valence-electron chi connectivity index (χ3n) is 4.70. The number of piperidine rings is 1. The second-order valence-electron chi connectivity index (χ2n) is 6.35. The normalized spacial score (nSPS) is 23.1. The highest BCUT2D eigenvalue weighted by Gasteiger charge is 2.31. The lowest BCUT2D eigenvalue weighted by atomic mass is 10.0. The van der Waals surface area contributed by atoms with Crippen LogP contribution in [-0.2, 0) is 16.0 Å². The summed E-state index contributed by atoms with van der Waals surface area (Å²) in [5, 5.41) is 8.54. The first-order valence-electron chi connectivity index (χ1n) is 8.59. The first-order chi connectivity index (χ1) is 10.8. The molecule has 1 atom stereocenters. The topological polar surface area (TPSA) is 60.2 Å². The number of hydrogen-bond donors (Lipinski definition) is 0. The van der Waals surface area contributed by atoms with Crippen molar-refractivity contribution in [2.24, 2.45) is 0 Å². The van der Waals surface area contributed by atoms with Crippen LogP contribution in [0.5, 0.6) is 0 Å². The molecule has 6 nitrogen and oxygen atoms in total. The molecule has 0 N–H and O–H groups in total. The van der Waals surface area contributed by atoms with Crippen LogP contribution in [0.3, 0.4) is 0 Å². The molecule has 0 radical (unpaired) electrons. The van der Waals surface area contributed by atoms with Crippen LogP contribution in [0.15, 0.2) is 6.20 Å². The van der Waals surface area contributed by atoms with Gasteiger partial charge in [-0.15, -0.1) is 5.10 Å². The van der Waals surface area contributed by atoms with Crippen molar-refractivity contribution in [1.29, 1.82) is 0 Å². The number of aryl methyl sites for hydroxylation is 1. The maximum atomic E-state index is 12.3. The van der Waals surface area contributed by atoms with Crippen LogP contribution in [0, 0.1) is 0 Å². The average molecular weight is 306 g/mol. The summed E-state index contributed by atoms with van der Waals surface area (Å²) in [5.74, 6) is 0.179. The molecule has 3 heterocycles. The zero-order valence-corrected chi connectivity index (χ0v) is 13.4. The van der Waals surface area contributed by atoms with E-state index >= 15 is 0 Å². The van der Waals surface area contributed by atoms with Gasteiger partial charge in [-0.25, -0.2) is 4.68 Å². The quantitative estimate of drug-likeness (QED) is 0.834. The number of carbonyl (C=O) groups is 1. The molecule has 0 aliphatic carbocycles. The Morgan fingerprint density at radius 2 is 2.18 bits per heavy atom. The number of unbranched alkanes of at least 4 members (excludes halogenated alkanes) is 1. The molecule has 2 fully saturated rings. The Labute approximate surface area is 131 Å². The van der Waals surface area contributed by atoms with E-state index in [1.807, 2.05) is 9.58 Å². The van der Waals surface area contributed by atoms with Crippen molar-refractivity contribution >= 4 is 5.91 Å². The monoisotopic (exact) mass is 306 g/mol. The number of amides is 1. The molecule has 22 heavy (non-hydrogen) atoms. The van der Waals surface area contributed by atoms with Crippen molar-refractivity contribution in [2.75, 3.05) is 19.7 Å². The maximum absolute atomic E-state index is 12.3. The van der Waals surface area contributed by atoms with Gasteiger partial charge < -0.3 is 9.64 Å². The molecule has 0 aromatic carbocycles. The summed E-state index contributed by atoms with van der Waals surface area (Å²) in [6.07, 6.45) is 9.02. The number of nitrogens with zero attached hydrogens (tertiary/aromatic N) is 4. The largest absolute Gasteiger partial charge is 0.368 e. The Morgan fingerprint density at radius 3 is 2.86 bits per heavy atom. The van der Waals surface area contributed by atoms with Crippen molar-refractivity contribution in [3.63, 3.8) is 0 Å². The van der Waals surface area contributed by atoms with Gasteiger partial charge >= 0.3 is 0 Å². The Kier molecular flexibility index (Phi) is 5.08. The zero-order chi connectivity index (χ0) is 15.4. The van der Waals surface area contributed by atoms with Gasteiger partial charge in [0, 0.05) is 25.9 Å². The van der Waals surface area contributed by atoms with E-state index in [4.69, 9.17) is 4.74 Å². The number of rotatable bonds is 5. The molecule has 1 aromatic rings. The highest BCUT2D eigenvalue weighted by Crippen LogP contribution is 2.24. The van der Waals surface area contributed by atoms with Gasteiger partial charge in [-0.3, -0.25) is 4.79 Å². The molecule has 0 unspecified atom stereocenters. The van der Waals surface area contributed by atoms with Crippen molar-refractivity contribution < 1.29 is 9.53 Å². The van der Waals surface area contributed by atoms with E-state index < -0.39 is 0 Å². The van der Waals surface area contributed by atoms with Crippen molar-refractivity contribution in [3.8, 4) is 0 Å². The van der Waals surface area contributed by atoms with E-state index in [-0.39, 0.29) is 12.0 Å². The molecule has 0 spiro atoms. The molecule has 0 saturated carbocycles. The van der Waals surface area contributed by atoms with Gasteiger partial charge in [0.1, 0.15) is 6.10 Å². The molecule has 6 heteroatoms. The first kappa shape index (κ1) is 15.5. The molecule has 122 valence electrons. The van der Waals surface area contributed by atoms with Gasteiger partial charge in [-0.05, 0) is 38.5 Å². The molecule has 3 rings (SSSR count). The smallest absolute Gasteiger partial charge is 0.251 e. The number of ether oxygens (including phenoxy) is 1. The number of hydrogen-bond acceptors (Lipinski definition) is 4. The third kappa shape index (κ3) is 3.48. The molecule has 0 bridgehead atoms. The summed E-state index contributed by atoms with van der Waals surface area (Å²) in [6.45, 7) is 4.51. The first-order valence-corrected chi connectivity index (χ1v) is 8.59. The van der Waals surface area contributed by atoms with Crippen LogP contribution in [-0.4, -0.2) is 51.6 Å². The van der Waals surface area contributed by atoms with E-state index in [0.29, 0.717) is 6.04 Å². The SMILES string of the molecule is CCCCc1cn(C2CCN(C(=O)[C@@H]3CCCO3)CC2)nn1. The predicted octanol–water partition coefficient (Wildman–Crippen LogP) is 1.96. The van der Waals surface area contributed by atoms with Crippen LogP contribution in [0.4, 0.5) is 0 Å². The Morgan fingerprint density at radius 1 is 1.36 bits per heavy atom. The van der Waals surface area contributed by atoms with Crippen molar-refractivity contribution in [1.82, 2.24) is 19.9 Å². The lowest BCUT2D eigenvalue weighted by Gasteiger charge is -2.33. The fourth-order valence-electron chi connectivity index (χ4n) is 3.29. The summed E-state index contributed by atoms with van der Waals surface area (Å²) in [7, 11) is 0. The van der Waals surface area contributed by atoms with E-state index in [1.54, 1.807) is 0 Å². The van der Waals surface area contributed by atoms with Crippen molar-refractivity contribution in [2.45, 2.75) is 64.0 Å². The number of carbonyl (C=O) groups excluding carboxylic acids is 1. The summed E-state index contributed by atoms with van der Waals surface area (Å²) < 4.78 is 7.50. The standard InChI is InChI=1S/C16H26N4O2/c1-2-3-5-13-12-20(18-17-13)14-7-9-19(10-8-14)16(21)15-6-4-11-22-15/h12,14-15H,2-11H2,1H3/t15-/m0/s1.